The summed E-state index contributed by atoms with van der Waals surface area (Å²) in [5, 5.41) is 16.3. The molecule has 0 aliphatic rings. The molecule has 0 heterocycles. The van der Waals surface area contributed by atoms with Gasteiger partial charge in [-0.1, -0.05) is 30.3 Å². The molecule has 0 radical (unpaired) electrons. The Balaban J connectivity index is 2.49. The van der Waals surface area contributed by atoms with Crippen molar-refractivity contribution in [2.24, 2.45) is 5.73 Å². The Hall–Kier alpha value is -2.94. The lowest BCUT2D eigenvalue weighted by Gasteiger charge is -2.17. The van der Waals surface area contributed by atoms with Crippen LogP contribution in [0.1, 0.15) is 19.4 Å². The smallest absolute Gasteiger partial charge is 0.326 e. The first-order valence-corrected chi connectivity index (χ1v) is 8.10. The minimum absolute atomic E-state index is 0.122. The van der Waals surface area contributed by atoms with E-state index in [1.54, 1.807) is 30.3 Å². The monoisotopic (exact) mass is 364 g/mol. The van der Waals surface area contributed by atoms with Crippen LogP contribution in [0, 0.1) is 0 Å². The van der Waals surface area contributed by atoms with Crippen molar-refractivity contribution >= 4 is 23.7 Å². The highest BCUT2D eigenvalue weighted by molar-refractivity contribution is 5.92. The zero-order valence-electron chi connectivity index (χ0n) is 14.7. The summed E-state index contributed by atoms with van der Waals surface area (Å²) in [6.07, 6.45) is 0.122. The molecule has 0 saturated heterocycles. The number of amides is 3. The fourth-order valence-corrected chi connectivity index (χ4v) is 2.03. The minimum atomic E-state index is -1.17. The van der Waals surface area contributed by atoms with E-state index in [2.05, 4.69) is 16.0 Å². The Morgan fingerprint density at radius 2 is 1.65 bits per heavy atom. The molecule has 6 N–H and O–H groups in total. The molecule has 0 saturated carbocycles. The maximum absolute atomic E-state index is 11.9. The highest BCUT2D eigenvalue weighted by atomic mass is 16.4. The van der Waals surface area contributed by atoms with Gasteiger partial charge in [-0.3, -0.25) is 14.4 Å². The van der Waals surface area contributed by atoms with Crippen molar-refractivity contribution in [3.63, 3.8) is 0 Å². The van der Waals surface area contributed by atoms with Crippen LogP contribution in [0.4, 0.5) is 0 Å². The quantitative estimate of drug-likeness (QED) is 0.370. The summed E-state index contributed by atoms with van der Waals surface area (Å²) in [4.78, 5) is 46.5. The predicted molar refractivity (Wildman–Crippen MR) is 94.0 cm³/mol. The van der Waals surface area contributed by atoms with Crippen molar-refractivity contribution in [2.45, 2.75) is 38.4 Å². The summed E-state index contributed by atoms with van der Waals surface area (Å²) in [5.41, 5.74) is 6.15. The highest BCUT2D eigenvalue weighted by Crippen LogP contribution is 2.03. The number of nitrogens with one attached hydrogen (secondary N) is 3. The van der Waals surface area contributed by atoms with Crippen molar-refractivity contribution in [2.75, 3.05) is 6.54 Å². The first kappa shape index (κ1) is 21.1. The van der Waals surface area contributed by atoms with Gasteiger partial charge >= 0.3 is 5.97 Å². The summed E-state index contributed by atoms with van der Waals surface area (Å²) >= 11 is 0. The molecule has 1 aromatic carbocycles. The number of benzene rings is 1. The summed E-state index contributed by atoms with van der Waals surface area (Å²) in [5.74, 6) is -2.89. The molecule has 1 aromatic rings. The van der Waals surface area contributed by atoms with Crippen LogP contribution >= 0.6 is 0 Å². The van der Waals surface area contributed by atoms with Gasteiger partial charge in [0.1, 0.15) is 12.1 Å². The van der Waals surface area contributed by atoms with Gasteiger partial charge < -0.3 is 26.8 Å². The van der Waals surface area contributed by atoms with E-state index in [0.717, 1.165) is 5.56 Å². The van der Waals surface area contributed by atoms with E-state index in [4.69, 9.17) is 5.73 Å². The van der Waals surface area contributed by atoms with Crippen LogP contribution in [0.3, 0.4) is 0 Å². The molecular weight excluding hydrogens is 340 g/mol. The fraction of sp³-hybridized carbons (Fsp3) is 0.412. The fourth-order valence-electron chi connectivity index (χ4n) is 2.03. The second-order valence-corrected chi connectivity index (χ2v) is 5.88. The Morgan fingerprint density at radius 3 is 2.19 bits per heavy atom. The van der Waals surface area contributed by atoms with Crippen LogP contribution in [0.25, 0.3) is 0 Å². The third kappa shape index (κ3) is 7.31. The zero-order valence-corrected chi connectivity index (χ0v) is 14.7. The maximum atomic E-state index is 11.9. The Kier molecular flexibility index (Phi) is 8.23. The predicted octanol–water partition coefficient (Wildman–Crippen LogP) is -1.23. The molecule has 0 unspecified atom stereocenters. The van der Waals surface area contributed by atoms with Gasteiger partial charge in [-0.05, 0) is 19.4 Å². The van der Waals surface area contributed by atoms with E-state index in [0.29, 0.717) is 0 Å². The third-order valence-corrected chi connectivity index (χ3v) is 3.50. The van der Waals surface area contributed by atoms with E-state index in [1.165, 1.54) is 13.8 Å². The second kappa shape index (κ2) is 10.1. The number of hydrogen-bond donors (Lipinski definition) is 5. The number of rotatable bonds is 9. The van der Waals surface area contributed by atoms with Crippen molar-refractivity contribution in [3.8, 4) is 0 Å². The summed E-state index contributed by atoms with van der Waals surface area (Å²) in [7, 11) is 0. The van der Waals surface area contributed by atoms with Gasteiger partial charge in [0.2, 0.25) is 17.7 Å². The van der Waals surface area contributed by atoms with Crippen molar-refractivity contribution in [1.82, 2.24) is 16.0 Å². The van der Waals surface area contributed by atoms with E-state index in [1.807, 2.05) is 0 Å². The van der Waals surface area contributed by atoms with Crippen LogP contribution in [0.2, 0.25) is 0 Å². The SMILES string of the molecule is C[C@H](N)C(=O)N[C@@H](C)C(=O)NCC(=O)N[C@@H](Cc1ccccc1)C(=O)O. The number of aliphatic carboxylic acids is 1. The molecule has 3 amide bonds. The Morgan fingerprint density at radius 1 is 1.04 bits per heavy atom. The molecule has 26 heavy (non-hydrogen) atoms. The summed E-state index contributed by atoms with van der Waals surface area (Å²) in [6, 6.07) is 6.11. The first-order valence-electron chi connectivity index (χ1n) is 8.10. The Labute approximate surface area is 151 Å². The van der Waals surface area contributed by atoms with Crippen molar-refractivity contribution < 1.29 is 24.3 Å². The van der Waals surface area contributed by atoms with Crippen LogP contribution in [0.5, 0.6) is 0 Å². The number of carboxylic acids is 1. The minimum Gasteiger partial charge on any atom is -0.480 e. The largest absolute Gasteiger partial charge is 0.480 e. The molecule has 0 aliphatic carbocycles. The maximum Gasteiger partial charge on any atom is 0.326 e. The number of carbonyl (C=O) groups is 4. The van der Waals surface area contributed by atoms with Gasteiger partial charge in [0.15, 0.2) is 0 Å². The summed E-state index contributed by atoms with van der Waals surface area (Å²) in [6.45, 7) is 2.52. The van der Waals surface area contributed by atoms with Crippen LogP contribution < -0.4 is 21.7 Å². The zero-order chi connectivity index (χ0) is 19.7. The van der Waals surface area contributed by atoms with Gasteiger partial charge in [-0.25, -0.2) is 4.79 Å². The average Bonchev–Trinajstić information content (AvgIpc) is 2.59. The summed E-state index contributed by atoms with van der Waals surface area (Å²) < 4.78 is 0. The van der Waals surface area contributed by atoms with Gasteiger partial charge in [0, 0.05) is 6.42 Å². The van der Waals surface area contributed by atoms with E-state index < -0.39 is 48.4 Å². The van der Waals surface area contributed by atoms with Crippen LogP contribution in [0.15, 0.2) is 30.3 Å². The molecule has 0 bridgehead atoms. The first-order chi connectivity index (χ1) is 12.2. The second-order valence-electron chi connectivity index (χ2n) is 5.88. The van der Waals surface area contributed by atoms with E-state index in [9.17, 15) is 24.3 Å². The molecule has 0 aliphatic heterocycles. The lowest BCUT2D eigenvalue weighted by Crippen LogP contribution is -2.52. The lowest BCUT2D eigenvalue weighted by atomic mass is 10.1. The standard InChI is InChI=1S/C17H24N4O5/c1-10(18)15(23)20-11(2)16(24)19-9-14(22)21-13(17(25)26)8-12-6-4-3-5-7-12/h3-7,10-11,13H,8-9,18H2,1-2H3,(H,19,24)(H,20,23)(H,21,22)(H,25,26)/t10-,11-,13-/m0/s1. The van der Waals surface area contributed by atoms with Gasteiger partial charge in [-0.2, -0.15) is 0 Å². The van der Waals surface area contributed by atoms with Crippen LogP contribution in [-0.2, 0) is 25.6 Å². The molecule has 9 nitrogen and oxygen atoms in total. The number of carbonyl (C=O) groups excluding carboxylic acids is 3. The molecule has 0 spiro atoms. The van der Waals surface area contributed by atoms with E-state index >= 15 is 0 Å². The van der Waals surface area contributed by atoms with Gasteiger partial charge in [0.05, 0.1) is 12.6 Å². The van der Waals surface area contributed by atoms with E-state index in [-0.39, 0.29) is 6.42 Å². The molecule has 3 atom stereocenters. The molecule has 1 rings (SSSR count). The van der Waals surface area contributed by atoms with Crippen molar-refractivity contribution in [3.05, 3.63) is 35.9 Å². The molecule has 0 aromatic heterocycles. The molecule has 142 valence electrons. The molecule has 0 fully saturated rings. The normalized spacial score (nSPS) is 13.8. The van der Waals surface area contributed by atoms with Crippen LogP contribution in [-0.4, -0.2) is 53.5 Å². The molecule has 9 heteroatoms. The number of hydrogen-bond acceptors (Lipinski definition) is 5. The highest BCUT2D eigenvalue weighted by Gasteiger charge is 2.22. The topological polar surface area (TPSA) is 151 Å². The lowest BCUT2D eigenvalue weighted by molar-refractivity contribution is -0.141. The van der Waals surface area contributed by atoms with Crippen molar-refractivity contribution in [1.29, 1.82) is 0 Å². The number of carboxylic acid groups (broad SMARTS) is 1. The van der Waals surface area contributed by atoms with Gasteiger partial charge in [0.25, 0.3) is 0 Å². The third-order valence-electron chi connectivity index (χ3n) is 3.50. The number of nitrogens with two attached hydrogens (primary N) is 1. The van der Waals surface area contributed by atoms with Gasteiger partial charge in [-0.15, -0.1) is 0 Å². The average molecular weight is 364 g/mol. The molecular formula is C17H24N4O5. The Bertz CT molecular complexity index is 648.